The van der Waals surface area contributed by atoms with Crippen LogP contribution < -0.4 is 5.73 Å². The lowest BCUT2D eigenvalue weighted by Gasteiger charge is -2.20. The Bertz CT molecular complexity index is 325. The molecule has 0 bridgehead atoms. The van der Waals surface area contributed by atoms with Crippen molar-refractivity contribution in [1.82, 2.24) is 4.90 Å². The Kier molecular flexibility index (Phi) is 5.72. The fourth-order valence-electron chi connectivity index (χ4n) is 1.59. The molecule has 1 heterocycles. The molecule has 1 amide bonds. The van der Waals surface area contributed by atoms with Gasteiger partial charge in [0.05, 0.1) is 18.6 Å². The molecule has 0 fully saturated rings. The molecule has 0 aromatic carbocycles. The van der Waals surface area contributed by atoms with Gasteiger partial charge in [-0.25, -0.2) is 0 Å². The quantitative estimate of drug-likeness (QED) is 0.722. The SMILES string of the molecule is COCCCC(N)C(=O)N(C)Cc1ccoc1. The van der Waals surface area contributed by atoms with Crippen LogP contribution in [0.5, 0.6) is 0 Å². The van der Waals surface area contributed by atoms with E-state index in [2.05, 4.69) is 0 Å². The lowest BCUT2D eigenvalue weighted by atomic mass is 10.1. The lowest BCUT2D eigenvalue weighted by molar-refractivity contribution is -0.132. The molecule has 1 aromatic heterocycles. The number of nitrogens with zero attached hydrogens (tertiary/aromatic N) is 1. The van der Waals surface area contributed by atoms with Crippen molar-refractivity contribution in [3.8, 4) is 0 Å². The van der Waals surface area contributed by atoms with Gasteiger partial charge in [0.2, 0.25) is 5.91 Å². The molecular weight excluding hydrogens is 220 g/mol. The first kappa shape index (κ1) is 13.7. The van der Waals surface area contributed by atoms with E-state index in [-0.39, 0.29) is 5.91 Å². The number of carbonyl (C=O) groups is 1. The van der Waals surface area contributed by atoms with Gasteiger partial charge in [-0.3, -0.25) is 4.79 Å². The highest BCUT2D eigenvalue weighted by molar-refractivity contribution is 5.81. The summed E-state index contributed by atoms with van der Waals surface area (Å²) in [5.41, 5.74) is 6.78. The zero-order valence-electron chi connectivity index (χ0n) is 10.4. The summed E-state index contributed by atoms with van der Waals surface area (Å²) in [5, 5.41) is 0. The first-order chi connectivity index (χ1) is 8.15. The van der Waals surface area contributed by atoms with E-state index in [9.17, 15) is 4.79 Å². The zero-order chi connectivity index (χ0) is 12.7. The van der Waals surface area contributed by atoms with Gasteiger partial charge in [-0.15, -0.1) is 0 Å². The van der Waals surface area contributed by atoms with Crippen LogP contribution in [-0.2, 0) is 16.1 Å². The summed E-state index contributed by atoms with van der Waals surface area (Å²) >= 11 is 0. The minimum absolute atomic E-state index is 0.0534. The van der Waals surface area contributed by atoms with Crippen LogP contribution in [0.3, 0.4) is 0 Å². The average molecular weight is 240 g/mol. The highest BCUT2D eigenvalue weighted by Gasteiger charge is 2.17. The predicted molar refractivity (Wildman–Crippen MR) is 64.3 cm³/mol. The fraction of sp³-hybridized carbons (Fsp3) is 0.583. The molecule has 0 aliphatic rings. The highest BCUT2D eigenvalue weighted by Crippen LogP contribution is 2.06. The maximum atomic E-state index is 11.9. The van der Waals surface area contributed by atoms with Crippen molar-refractivity contribution < 1.29 is 13.9 Å². The van der Waals surface area contributed by atoms with Gasteiger partial charge in [0.15, 0.2) is 0 Å². The summed E-state index contributed by atoms with van der Waals surface area (Å²) in [4.78, 5) is 13.5. The summed E-state index contributed by atoms with van der Waals surface area (Å²) in [7, 11) is 3.38. The Morgan fingerprint density at radius 3 is 3.00 bits per heavy atom. The van der Waals surface area contributed by atoms with Gasteiger partial charge in [0, 0.05) is 32.9 Å². The molecular formula is C12H20N2O3. The van der Waals surface area contributed by atoms with Gasteiger partial charge in [-0.05, 0) is 18.9 Å². The maximum absolute atomic E-state index is 11.9. The van der Waals surface area contributed by atoms with Crippen molar-refractivity contribution in [3.63, 3.8) is 0 Å². The predicted octanol–water partition coefficient (Wildman–Crippen LogP) is 0.992. The van der Waals surface area contributed by atoms with Crippen molar-refractivity contribution in [3.05, 3.63) is 24.2 Å². The van der Waals surface area contributed by atoms with E-state index in [0.717, 1.165) is 12.0 Å². The summed E-state index contributed by atoms with van der Waals surface area (Å²) in [6.45, 7) is 1.15. The van der Waals surface area contributed by atoms with E-state index >= 15 is 0 Å². The fourth-order valence-corrected chi connectivity index (χ4v) is 1.59. The molecule has 5 heteroatoms. The van der Waals surface area contributed by atoms with Crippen LogP contribution in [0.4, 0.5) is 0 Å². The number of hydrogen-bond donors (Lipinski definition) is 1. The third kappa shape index (κ3) is 4.58. The van der Waals surface area contributed by atoms with Gasteiger partial charge in [0.1, 0.15) is 0 Å². The molecule has 0 aliphatic heterocycles. The molecule has 0 aliphatic carbocycles. The summed E-state index contributed by atoms with van der Waals surface area (Å²) in [5.74, 6) is -0.0534. The average Bonchev–Trinajstić information content (AvgIpc) is 2.81. The first-order valence-corrected chi connectivity index (χ1v) is 5.65. The smallest absolute Gasteiger partial charge is 0.239 e. The first-order valence-electron chi connectivity index (χ1n) is 5.65. The van der Waals surface area contributed by atoms with Gasteiger partial charge >= 0.3 is 0 Å². The van der Waals surface area contributed by atoms with Crippen LogP contribution in [0.1, 0.15) is 18.4 Å². The topological polar surface area (TPSA) is 68.7 Å². The van der Waals surface area contributed by atoms with Crippen LogP contribution in [0, 0.1) is 0 Å². The summed E-state index contributed by atoms with van der Waals surface area (Å²) in [6, 6.07) is 1.38. The molecule has 0 saturated heterocycles. The number of nitrogens with two attached hydrogens (primary N) is 1. The van der Waals surface area contributed by atoms with E-state index in [1.54, 1.807) is 31.6 Å². The molecule has 1 aromatic rings. The highest BCUT2D eigenvalue weighted by atomic mass is 16.5. The Morgan fingerprint density at radius 1 is 1.65 bits per heavy atom. The molecule has 5 nitrogen and oxygen atoms in total. The number of amides is 1. The van der Waals surface area contributed by atoms with Gasteiger partial charge in [-0.1, -0.05) is 0 Å². The van der Waals surface area contributed by atoms with E-state index in [4.69, 9.17) is 14.9 Å². The van der Waals surface area contributed by atoms with Crippen LogP contribution in [0.25, 0.3) is 0 Å². The molecule has 1 unspecified atom stereocenters. The Morgan fingerprint density at radius 2 is 2.41 bits per heavy atom. The number of carbonyl (C=O) groups excluding carboxylic acids is 1. The van der Waals surface area contributed by atoms with Crippen molar-refractivity contribution in [1.29, 1.82) is 0 Å². The monoisotopic (exact) mass is 240 g/mol. The van der Waals surface area contributed by atoms with Crippen LogP contribution in [0.2, 0.25) is 0 Å². The zero-order valence-corrected chi connectivity index (χ0v) is 10.4. The number of methoxy groups -OCH3 is 1. The number of rotatable bonds is 7. The minimum atomic E-state index is -0.456. The Balaban J connectivity index is 2.35. The van der Waals surface area contributed by atoms with E-state index in [1.165, 1.54) is 0 Å². The van der Waals surface area contributed by atoms with E-state index in [0.29, 0.717) is 19.6 Å². The minimum Gasteiger partial charge on any atom is -0.472 e. The van der Waals surface area contributed by atoms with Crippen LogP contribution in [0.15, 0.2) is 23.0 Å². The van der Waals surface area contributed by atoms with Crippen molar-refractivity contribution in [2.45, 2.75) is 25.4 Å². The lowest BCUT2D eigenvalue weighted by Crippen LogP contribution is -2.41. The third-order valence-electron chi connectivity index (χ3n) is 2.56. The van der Waals surface area contributed by atoms with Gasteiger partial charge < -0.3 is 19.8 Å². The second-order valence-electron chi connectivity index (χ2n) is 4.07. The molecule has 96 valence electrons. The maximum Gasteiger partial charge on any atom is 0.239 e. The number of furan rings is 1. The summed E-state index contributed by atoms with van der Waals surface area (Å²) in [6.07, 6.45) is 4.65. The van der Waals surface area contributed by atoms with Crippen LogP contribution in [-0.4, -0.2) is 37.6 Å². The van der Waals surface area contributed by atoms with Gasteiger partial charge in [0.25, 0.3) is 0 Å². The Hall–Kier alpha value is -1.33. The molecule has 0 spiro atoms. The molecule has 0 saturated carbocycles. The molecule has 17 heavy (non-hydrogen) atoms. The largest absolute Gasteiger partial charge is 0.472 e. The molecule has 1 atom stereocenters. The van der Waals surface area contributed by atoms with Crippen molar-refractivity contribution in [2.24, 2.45) is 5.73 Å². The van der Waals surface area contributed by atoms with Crippen molar-refractivity contribution >= 4 is 5.91 Å². The number of likely N-dealkylation sites (N-methyl/N-ethyl adjacent to an activating group) is 1. The Labute approximate surface area is 102 Å². The summed E-state index contributed by atoms with van der Waals surface area (Å²) < 4.78 is 9.87. The van der Waals surface area contributed by atoms with E-state index in [1.807, 2.05) is 6.07 Å². The standard InChI is InChI=1S/C12H20N2O3/c1-14(8-10-5-7-17-9-10)12(15)11(13)4-3-6-16-2/h5,7,9,11H,3-4,6,8,13H2,1-2H3. The number of ether oxygens (including phenoxy) is 1. The molecule has 2 N–H and O–H groups in total. The second kappa shape index (κ2) is 7.09. The normalized spacial score (nSPS) is 12.4. The third-order valence-corrected chi connectivity index (χ3v) is 2.56. The van der Waals surface area contributed by atoms with E-state index < -0.39 is 6.04 Å². The number of hydrogen-bond acceptors (Lipinski definition) is 4. The van der Waals surface area contributed by atoms with Crippen molar-refractivity contribution in [2.75, 3.05) is 20.8 Å². The molecule has 0 radical (unpaired) electrons. The van der Waals surface area contributed by atoms with Crippen LogP contribution >= 0.6 is 0 Å². The second-order valence-corrected chi connectivity index (χ2v) is 4.07. The molecule has 1 rings (SSSR count). The van der Waals surface area contributed by atoms with Gasteiger partial charge in [-0.2, -0.15) is 0 Å².